The van der Waals surface area contributed by atoms with Gasteiger partial charge < -0.3 is 15.0 Å². The molecule has 0 saturated heterocycles. The number of fused-ring (bicyclic) bond motifs is 1. The molecule has 0 saturated carbocycles. The van der Waals surface area contributed by atoms with Crippen LogP contribution < -0.4 is 10.1 Å². The largest absolute Gasteiger partial charge is 0.495 e. The summed E-state index contributed by atoms with van der Waals surface area (Å²) < 4.78 is 5.32. The van der Waals surface area contributed by atoms with Crippen LogP contribution in [-0.4, -0.2) is 18.0 Å². The molecule has 0 aliphatic rings. The highest BCUT2D eigenvalue weighted by molar-refractivity contribution is 5.97. The van der Waals surface area contributed by atoms with Crippen LogP contribution in [0.15, 0.2) is 48.7 Å². The van der Waals surface area contributed by atoms with Crippen LogP contribution in [0.2, 0.25) is 0 Å². The number of ether oxygens (including phenoxy) is 1. The Morgan fingerprint density at radius 1 is 1.23 bits per heavy atom. The molecule has 4 nitrogen and oxygen atoms in total. The molecule has 0 atom stereocenters. The van der Waals surface area contributed by atoms with Gasteiger partial charge in [-0.2, -0.15) is 0 Å². The summed E-state index contributed by atoms with van der Waals surface area (Å²) >= 11 is 0. The number of para-hydroxylation sites is 1. The van der Waals surface area contributed by atoms with E-state index in [4.69, 9.17) is 4.74 Å². The van der Waals surface area contributed by atoms with E-state index in [1.165, 1.54) is 0 Å². The zero-order valence-electron chi connectivity index (χ0n) is 12.6. The van der Waals surface area contributed by atoms with E-state index in [1.807, 2.05) is 55.6 Å². The summed E-state index contributed by atoms with van der Waals surface area (Å²) in [5, 5.41) is 3.94. The lowest BCUT2D eigenvalue weighted by atomic mass is 10.1. The van der Waals surface area contributed by atoms with Gasteiger partial charge in [-0.15, -0.1) is 0 Å². The highest BCUT2D eigenvalue weighted by atomic mass is 16.5. The van der Waals surface area contributed by atoms with Gasteiger partial charge in [0.1, 0.15) is 5.75 Å². The maximum Gasteiger partial charge on any atom is 0.228 e. The van der Waals surface area contributed by atoms with E-state index in [1.54, 1.807) is 7.11 Å². The van der Waals surface area contributed by atoms with Gasteiger partial charge in [-0.05, 0) is 36.2 Å². The number of nitrogens with one attached hydrogen (secondary N) is 2. The molecular weight excluding hydrogens is 276 g/mol. The van der Waals surface area contributed by atoms with Crippen LogP contribution in [0.3, 0.4) is 0 Å². The Kier molecular flexibility index (Phi) is 3.83. The van der Waals surface area contributed by atoms with Crippen molar-refractivity contribution in [3.63, 3.8) is 0 Å². The first-order valence-corrected chi connectivity index (χ1v) is 7.17. The number of hydrogen-bond acceptors (Lipinski definition) is 2. The molecular formula is C18H18N2O2. The van der Waals surface area contributed by atoms with Crippen molar-refractivity contribution in [3.8, 4) is 5.75 Å². The monoisotopic (exact) mass is 294 g/mol. The number of benzene rings is 2. The van der Waals surface area contributed by atoms with Gasteiger partial charge in [0.15, 0.2) is 0 Å². The van der Waals surface area contributed by atoms with E-state index in [9.17, 15) is 4.79 Å². The third kappa shape index (κ3) is 2.81. The number of carbonyl (C=O) groups excluding carboxylic acids is 1. The number of methoxy groups -OCH3 is 1. The molecule has 0 radical (unpaired) electrons. The molecule has 0 aliphatic heterocycles. The van der Waals surface area contributed by atoms with E-state index in [0.717, 1.165) is 33.5 Å². The molecule has 112 valence electrons. The van der Waals surface area contributed by atoms with Crippen LogP contribution in [-0.2, 0) is 11.2 Å². The molecule has 4 heteroatoms. The van der Waals surface area contributed by atoms with Crippen LogP contribution >= 0.6 is 0 Å². The Labute approximate surface area is 129 Å². The first-order valence-electron chi connectivity index (χ1n) is 7.17. The number of aryl methyl sites for hydroxylation is 1. The predicted octanol–water partition coefficient (Wildman–Crippen LogP) is 3.67. The molecule has 0 fully saturated rings. The minimum Gasteiger partial charge on any atom is -0.495 e. The van der Waals surface area contributed by atoms with Crippen LogP contribution in [0.25, 0.3) is 10.9 Å². The summed E-state index contributed by atoms with van der Waals surface area (Å²) in [5.74, 6) is 0.747. The van der Waals surface area contributed by atoms with Gasteiger partial charge in [-0.3, -0.25) is 4.79 Å². The van der Waals surface area contributed by atoms with Gasteiger partial charge in [-0.1, -0.05) is 24.3 Å². The van der Waals surface area contributed by atoms with Crippen molar-refractivity contribution in [2.24, 2.45) is 0 Å². The van der Waals surface area contributed by atoms with Gasteiger partial charge in [0.25, 0.3) is 0 Å². The minimum absolute atomic E-state index is 0.0330. The van der Waals surface area contributed by atoms with E-state index < -0.39 is 0 Å². The van der Waals surface area contributed by atoms with Crippen molar-refractivity contribution >= 4 is 22.5 Å². The number of aromatic nitrogens is 1. The predicted molar refractivity (Wildman–Crippen MR) is 88.4 cm³/mol. The lowest BCUT2D eigenvalue weighted by Gasteiger charge is -2.06. The maximum atomic E-state index is 12.2. The van der Waals surface area contributed by atoms with Gasteiger partial charge in [-0.25, -0.2) is 0 Å². The second-order valence-electron chi connectivity index (χ2n) is 5.29. The highest BCUT2D eigenvalue weighted by Crippen LogP contribution is 2.27. The summed E-state index contributed by atoms with van der Waals surface area (Å²) in [6.07, 6.45) is 2.18. The Morgan fingerprint density at radius 2 is 2.05 bits per heavy atom. The summed E-state index contributed by atoms with van der Waals surface area (Å²) in [7, 11) is 1.64. The number of amides is 1. The van der Waals surface area contributed by atoms with Crippen molar-refractivity contribution < 1.29 is 9.53 Å². The van der Waals surface area contributed by atoms with E-state index >= 15 is 0 Å². The van der Waals surface area contributed by atoms with Gasteiger partial charge in [0.2, 0.25) is 5.91 Å². The third-order valence-electron chi connectivity index (χ3n) is 3.64. The maximum absolute atomic E-state index is 12.2. The van der Waals surface area contributed by atoms with E-state index in [2.05, 4.69) is 10.3 Å². The molecule has 0 aliphatic carbocycles. The lowest BCUT2D eigenvalue weighted by molar-refractivity contribution is -0.115. The fourth-order valence-corrected chi connectivity index (χ4v) is 2.60. The summed E-state index contributed by atoms with van der Waals surface area (Å²) in [6.45, 7) is 2.00. The lowest BCUT2D eigenvalue weighted by Crippen LogP contribution is -2.14. The van der Waals surface area contributed by atoms with Crippen LogP contribution in [0.1, 0.15) is 11.1 Å². The molecule has 0 unspecified atom stereocenters. The van der Waals surface area contributed by atoms with Crippen molar-refractivity contribution in [3.05, 3.63) is 59.8 Å². The van der Waals surface area contributed by atoms with Crippen LogP contribution in [0, 0.1) is 6.92 Å². The number of anilines is 1. The summed E-state index contributed by atoms with van der Waals surface area (Å²) in [5.41, 5.74) is 3.82. The minimum atomic E-state index is -0.0330. The zero-order chi connectivity index (χ0) is 15.5. The third-order valence-corrected chi connectivity index (χ3v) is 3.64. The first-order chi connectivity index (χ1) is 10.7. The molecule has 0 spiro atoms. The van der Waals surface area contributed by atoms with Crippen molar-refractivity contribution in [2.45, 2.75) is 13.3 Å². The summed E-state index contributed by atoms with van der Waals surface area (Å²) in [4.78, 5) is 15.4. The van der Waals surface area contributed by atoms with Crippen LogP contribution in [0.4, 0.5) is 5.69 Å². The SMILES string of the molecule is COc1cccc2c(CC(=O)Nc3cccc(C)c3)c[nH]c12. The Bertz CT molecular complexity index is 821. The van der Waals surface area contributed by atoms with Crippen molar-refractivity contribution in [2.75, 3.05) is 12.4 Å². The number of rotatable bonds is 4. The fourth-order valence-electron chi connectivity index (χ4n) is 2.60. The molecule has 3 aromatic rings. The second kappa shape index (κ2) is 5.93. The number of hydrogen-bond donors (Lipinski definition) is 2. The molecule has 1 heterocycles. The van der Waals surface area contributed by atoms with Crippen molar-refractivity contribution in [1.82, 2.24) is 4.98 Å². The Hall–Kier alpha value is -2.75. The van der Waals surface area contributed by atoms with E-state index in [-0.39, 0.29) is 5.91 Å². The highest BCUT2D eigenvalue weighted by Gasteiger charge is 2.11. The molecule has 1 aromatic heterocycles. The smallest absolute Gasteiger partial charge is 0.228 e. The normalized spacial score (nSPS) is 10.6. The molecule has 0 bridgehead atoms. The van der Waals surface area contributed by atoms with Crippen molar-refractivity contribution in [1.29, 1.82) is 0 Å². The molecule has 2 aromatic carbocycles. The Balaban J connectivity index is 1.80. The quantitative estimate of drug-likeness (QED) is 0.771. The average Bonchev–Trinajstić information content (AvgIpc) is 2.90. The molecule has 22 heavy (non-hydrogen) atoms. The van der Waals surface area contributed by atoms with Gasteiger partial charge in [0, 0.05) is 17.3 Å². The second-order valence-corrected chi connectivity index (χ2v) is 5.29. The van der Waals surface area contributed by atoms with E-state index in [0.29, 0.717) is 6.42 Å². The topological polar surface area (TPSA) is 54.1 Å². The molecule has 2 N–H and O–H groups in total. The van der Waals surface area contributed by atoms with Crippen LogP contribution in [0.5, 0.6) is 5.75 Å². The molecule has 1 amide bonds. The Morgan fingerprint density at radius 3 is 2.82 bits per heavy atom. The summed E-state index contributed by atoms with van der Waals surface area (Å²) in [6, 6.07) is 13.6. The number of aromatic amines is 1. The average molecular weight is 294 g/mol. The number of carbonyl (C=O) groups is 1. The molecule has 3 rings (SSSR count). The van der Waals surface area contributed by atoms with Gasteiger partial charge >= 0.3 is 0 Å². The fraction of sp³-hybridized carbons (Fsp3) is 0.167. The van der Waals surface area contributed by atoms with Gasteiger partial charge in [0.05, 0.1) is 19.0 Å². The zero-order valence-corrected chi connectivity index (χ0v) is 12.6. The number of H-pyrrole nitrogens is 1. The standard InChI is InChI=1S/C18H18N2O2/c1-12-5-3-6-14(9-12)20-17(21)10-13-11-19-18-15(13)7-4-8-16(18)22-2/h3-9,11,19H,10H2,1-2H3,(H,20,21). The first kappa shape index (κ1) is 14.2.